The van der Waals surface area contributed by atoms with Gasteiger partial charge in [0.2, 0.25) is 0 Å². The van der Waals surface area contributed by atoms with Gasteiger partial charge < -0.3 is 14.7 Å². The van der Waals surface area contributed by atoms with Crippen molar-refractivity contribution < 1.29 is 18.0 Å². The molecule has 28 heavy (non-hydrogen) atoms. The normalized spacial score (nSPS) is 18.0. The largest absolute Gasteiger partial charge is 0.419 e. The Hall–Kier alpha value is -2.71. The molecule has 2 fully saturated rings. The zero-order valence-electron chi connectivity index (χ0n) is 15.4. The van der Waals surface area contributed by atoms with Gasteiger partial charge in [-0.15, -0.1) is 0 Å². The minimum atomic E-state index is -4.50. The minimum absolute atomic E-state index is 0.438. The van der Waals surface area contributed by atoms with E-state index < -0.39 is 17.8 Å². The van der Waals surface area contributed by atoms with Gasteiger partial charge in [0.05, 0.1) is 11.8 Å². The number of alkyl halides is 3. The van der Waals surface area contributed by atoms with Crippen LogP contribution in [0, 0.1) is 0 Å². The molecule has 2 saturated heterocycles. The molecule has 1 aromatic carbocycles. The Morgan fingerprint density at radius 3 is 1.89 bits per heavy atom. The second-order valence-corrected chi connectivity index (χ2v) is 7.14. The van der Waals surface area contributed by atoms with Crippen LogP contribution in [0.25, 0.3) is 0 Å². The van der Waals surface area contributed by atoms with Crippen LogP contribution in [0.2, 0.25) is 0 Å². The Bertz CT molecular complexity index is 819. The van der Waals surface area contributed by atoms with E-state index in [0.29, 0.717) is 32.4 Å². The van der Waals surface area contributed by atoms with E-state index in [-0.39, 0.29) is 0 Å². The Kier molecular flexibility index (Phi) is 4.91. The number of aromatic nitrogens is 2. The molecule has 0 atom stereocenters. The van der Waals surface area contributed by atoms with Gasteiger partial charge in [-0.25, -0.2) is 4.79 Å². The lowest BCUT2D eigenvalue weighted by atomic mass is 10.2. The highest BCUT2D eigenvalue weighted by Crippen LogP contribution is 2.29. The van der Waals surface area contributed by atoms with E-state index in [1.54, 1.807) is 0 Å². The summed E-state index contributed by atoms with van der Waals surface area (Å²) in [5.41, 5.74) is 1.40. The maximum atomic E-state index is 12.7. The van der Waals surface area contributed by atoms with E-state index in [1.165, 1.54) is 23.4 Å². The fourth-order valence-corrected chi connectivity index (χ4v) is 3.72. The number of halogens is 3. The fraction of sp³-hybridized carbons (Fsp3) is 0.474. The summed E-state index contributed by atoms with van der Waals surface area (Å²) >= 11 is 0. The predicted molar refractivity (Wildman–Crippen MR) is 99.7 cm³/mol. The van der Waals surface area contributed by atoms with Crippen LogP contribution in [-0.2, 0) is 6.18 Å². The van der Waals surface area contributed by atoms with Crippen molar-refractivity contribution in [3.8, 4) is 0 Å². The van der Waals surface area contributed by atoms with Crippen molar-refractivity contribution in [2.45, 2.75) is 19.0 Å². The minimum Gasteiger partial charge on any atom is -0.372 e. The van der Waals surface area contributed by atoms with Crippen LogP contribution >= 0.6 is 0 Å². The van der Waals surface area contributed by atoms with Gasteiger partial charge in [-0.1, -0.05) is 0 Å². The van der Waals surface area contributed by atoms with Crippen molar-refractivity contribution in [3.63, 3.8) is 0 Å². The number of hydrogen-bond donors (Lipinski definition) is 0. The lowest BCUT2D eigenvalue weighted by molar-refractivity contribution is -0.137. The lowest BCUT2D eigenvalue weighted by Gasteiger charge is -2.36. The standard InChI is InChI=1S/C19H22F3N5O/c20-19(21,22)15-13-23-27(14-15)18(28)26-11-9-25(10-12-26)17-5-3-16(4-6-17)24-7-1-2-8-24/h3-6,13-14H,1-2,7-12H2. The summed E-state index contributed by atoms with van der Waals surface area (Å²) in [6.07, 6.45) is -0.614. The van der Waals surface area contributed by atoms with Gasteiger partial charge in [0.15, 0.2) is 0 Å². The van der Waals surface area contributed by atoms with Crippen molar-refractivity contribution in [1.82, 2.24) is 14.7 Å². The molecule has 4 rings (SSSR count). The number of anilines is 2. The number of benzene rings is 1. The molecule has 2 aliphatic rings. The molecule has 9 heteroatoms. The van der Waals surface area contributed by atoms with Gasteiger partial charge in [-0.05, 0) is 37.1 Å². The third-order valence-corrected chi connectivity index (χ3v) is 5.34. The summed E-state index contributed by atoms with van der Waals surface area (Å²) in [5, 5.41) is 3.57. The maximum Gasteiger partial charge on any atom is 0.419 e. The second kappa shape index (κ2) is 7.37. The average molecular weight is 393 g/mol. The van der Waals surface area contributed by atoms with Gasteiger partial charge in [-0.2, -0.15) is 23.0 Å². The molecule has 6 nitrogen and oxygen atoms in total. The molecule has 0 N–H and O–H groups in total. The van der Waals surface area contributed by atoms with E-state index in [2.05, 4.69) is 39.2 Å². The van der Waals surface area contributed by atoms with Crippen LogP contribution in [0.1, 0.15) is 18.4 Å². The number of amides is 1. The highest BCUT2D eigenvalue weighted by molar-refractivity contribution is 5.76. The molecular formula is C19H22F3N5O. The molecule has 1 amide bonds. The molecule has 0 radical (unpaired) electrons. The highest BCUT2D eigenvalue weighted by atomic mass is 19.4. The zero-order valence-corrected chi connectivity index (χ0v) is 15.4. The first kappa shape index (κ1) is 18.6. The summed E-state index contributed by atoms with van der Waals surface area (Å²) in [7, 11) is 0. The first-order chi connectivity index (χ1) is 13.4. The third kappa shape index (κ3) is 3.79. The van der Waals surface area contributed by atoms with Crippen molar-refractivity contribution in [1.29, 1.82) is 0 Å². The molecule has 150 valence electrons. The number of nitrogens with zero attached hydrogens (tertiary/aromatic N) is 5. The number of carbonyl (C=O) groups is 1. The molecule has 3 heterocycles. The third-order valence-electron chi connectivity index (χ3n) is 5.34. The SMILES string of the molecule is O=C(N1CCN(c2ccc(N3CCCC3)cc2)CC1)n1cc(C(F)(F)F)cn1. The van der Waals surface area contributed by atoms with Crippen molar-refractivity contribution in [3.05, 3.63) is 42.2 Å². The van der Waals surface area contributed by atoms with Gasteiger partial charge in [0.1, 0.15) is 0 Å². The summed E-state index contributed by atoms with van der Waals surface area (Å²) < 4.78 is 38.8. The Labute approximate surface area is 161 Å². The first-order valence-electron chi connectivity index (χ1n) is 9.43. The number of carbonyl (C=O) groups excluding carboxylic acids is 1. The Morgan fingerprint density at radius 1 is 0.857 bits per heavy atom. The Balaban J connectivity index is 1.35. The quantitative estimate of drug-likeness (QED) is 0.786. The summed E-state index contributed by atoms with van der Waals surface area (Å²) in [6, 6.07) is 7.91. The van der Waals surface area contributed by atoms with Crippen LogP contribution in [0.15, 0.2) is 36.7 Å². The monoisotopic (exact) mass is 393 g/mol. The molecule has 1 aromatic heterocycles. The van der Waals surface area contributed by atoms with Crippen LogP contribution in [0.3, 0.4) is 0 Å². The predicted octanol–water partition coefficient (Wildman–Crippen LogP) is 3.29. The van der Waals surface area contributed by atoms with E-state index in [4.69, 9.17) is 0 Å². The molecule has 0 bridgehead atoms. The molecule has 0 saturated carbocycles. The van der Waals surface area contributed by atoms with Crippen LogP contribution in [0.4, 0.5) is 29.3 Å². The second-order valence-electron chi connectivity index (χ2n) is 7.14. The molecule has 2 aromatic rings. The van der Waals surface area contributed by atoms with Gasteiger partial charge in [-0.3, -0.25) is 0 Å². The van der Waals surface area contributed by atoms with E-state index in [1.807, 2.05) is 0 Å². The highest BCUT2D eigenvalue weighted by Gasteiger charge is 2.33. The summed E-state index contributed by atoms with van der Waals surface area (Å²) in [4.78, 5) is 18.5. The number of rotatable bonds is 2. The number of hydrogen-bond acceptors (Lipinski definition) is 4. The van der Waals surface area contributed by atoms with Gasteiger partial charge >= 0.3 is 12.2 Å². The summed E-state index contributed by atoms with van der Waals surface area (Å²) in [6.45, 7) is 4.33. The zero-order chi connectivity index (χ0) is 19.7. The smallest absolute Gasteiger partial charge is 0.372 e. The van der Waals surface area contributed by atoms with Crippen molar-refractivity contribution >= 4 is 17.4 Å². The van der Waals surface area contributed by atoms with Crippen LogP contribution in [-0.4, -0.2) is 60.0 Å². The first-order valence-corrected chi connectivity index (χ1v) is 9.43. The van der Waals surface area contributed by atoms with E-state index >= 15 is 0 Å². The van der Waals surface area contributed by atoms with Gasteiger partial charge in [0, 0.05) is 56.8 Å². The van der Waals surface area contributed by atoms with Crippen molar-refractivity contribution in [2.75, 3.05) is 49.1 Å². The molecular weight excluding hydrogens is 371 g/mol. The molecule has 0 aliphatic carbocycles. The van der Waals surface area contributed by atoms with Gasteiger partial charge in [0.25, 0.3) is 0 Å². The summed E-state index contributed by atoms with van der Waals surface area (Å²) in [5.74, 6) is 0. The maximum absolute atomic E-state index is 12.7. The number of piperazine rings is 1. The van der Waals surface area contributed by atoms with E-state index in [9.17, 15) is 18.0 Å². The van der Waals surface area contributed by atoms with Crippen LogP contribution in [0.5, 0.6) is 0 Å². The van der Waals surface area contributed by atoms with E-state index in [0.717, 1.165) is 29.7 Å². The molecule has 2 aliphatic heterocycles. The molecule has 0 spiro atoms. The van der Waals surface area contributed by atoms with Crippen LogP contribution < -0.4 is 9.80 Å². The van der Waals surface area contributed by atoms with Crippen molar-refractivity contribution in [2.24, 2.45) is 0 Å². The lowest BCUT2D eigenvalue weighted by Crippen LogP contribution is -2.50. The molecule has 0 unspecified atom stereocenters. The fourth-order valence-electron chi connectivity index (χ4n) is 3.72. The average Bonchev–Trinajstić information content (AvgIpc) is 3.39. The Morgan fingerprint density at radius 2 is 1.39 bits per heavy atom. The topological polar surface area (TPSA) is 44.6 Å².